The van der Waals surface area contributed by atoms with Gasteiger partial charge in [-0.3, -0.25) is 4.90 Å². The zero-order valence-electron chi connectivity index (χ0n) is 8.33. The molecule has 0 aliphatic heterocycles. The van der Waals surface area contributed by atoms with Crippen molar-refractivity contribution in [3.05, 3.63) is 20.8 Å². The van der Waals surface area contributed by atoms with E-state index in [1.807, 2.05) is 14.0 Å². The van der Waals surface area contributed by atoms with Gasteiger partial charge in [0, 0.05) is 21.3 Å². The molecule has 4 heteroatoms. The monoisotopic (exact) mass is 272 g/mol. The molecular weight excluding hydrogens is 260 g/mol. The van der Waals surface area contributed by atoms with Gasteiger partial charge in [-0.15, -0.1) is 11.3 Å². The summed E-state index contributed by atoms with van der Waals surface area (Å²) in [4.78, 5) is 3.37. The smallest absolute Gasteiger partial charge is 0.0975 e. The predicted molar refractivity (Wildman–Crippen MR) is 63.2 cm³/mol. The maximum absolute atomic E-state index is 8.88. The van der Waals surface area contributed by atoms with E-state index in [4.69, 9.17) is 5.26 Å². The first-order chi connectivity index (χ1) is 6.67. The van der Waals surface area contributed by atoms with Crippen molar-refractivity contribution in [1.82, 2.24) is 4.90 Å². The summed E-state index contributed by atoms with van der Waals surface area (Å²) in [6.07, 6.45) is 0.875. The molecule has 0 radical (unpaired) electrons. The first-order valence-corrected chi connectivity index (χ1v) is 6.17. The van der Waals surface area contributed by atoms with Crippen LogP contribution in [0.4, 0.5) is 0 Å². The van der Waals surface area contributed by atoms with Crippen molar-refractivity contribution in [3.8, 4) is 6.07 Å². The van der Waals surface area contributed by atoms with E-state index in [0.29, 0.717) is 0 Å². The van der Waals surface area contributed by atoms with Gasteiger partial charge in [0.15, 0.2) is 0 Å². The van der Waals surface area contributed by atoms with E-state index in [0.717, 1.165) is 17.4 Å². The van der Waals surface area contributed by atoms with Crippen molar-refractivity contribution in [1.29, 1.82) is 5.26 Å². The second-order valence-electron chi connectivity index (χ2n) is 3.20. The molecule has 0 aliphatic rings. The average molecular weight is 273 g/mol. The van der Waals surface area contributed by atoms with Gasteiger partial charge in [0.1, 0.15) is 0 Å². The van der Waals surface area contributed by atoms with Crippen LogP contribution in [0.1, 0.15) is 18.2 Å². The molecule has 0 bridgehead atoms. The Morgan fingerprint density at radius 3 is 2.86 bits per heavy atom. The van der Waals surface area contributed by atoms with Crippen LogP contribution in [-0.2, 0) is 6.54 Å². The summed E-state index contributed by atoms with van der Waals surface area (Å²) < 4.78 is 1.12. The van der Waals surface area contributed by atoms with E-state index >= 15 is 0 Å². The number of hydrogen-bond donors (Lipinski definition) is 0. The van der Waals surface area contributed by atoms with Gasteiger partial charge in [0.25, 0.3) is 0 Å². The molecule has 2 nitrogen and oxygen atoms in total. The summed E-state index contributed by atoms with van der Waals surface area (Å²) in [6, 6.07) is 4.42. The first-order valence-electron chi connectivity index (χ1n) is 4.50. The summed E-state index contributed by atoms with van der Waals surface area (Å²) in [7, 11) is 1.99. The third-order valence-electron chi connectivity index (χ3n) is 2.09. The summed E-state index contributed by atoms with van der Waals surface area (Å²) in [6.45, 7) is 2.89. The minimum Gasteiger partial charge on any atom is -0.286 e. The van der Waals surface area contributed by atoms with Crippen LogP contribution in [0, 0.1) is 11.3 Å². The third kappa shape index (κ3) is 3.09. The van der Waals surface area contributed by atoms with Gasteiger partial charge in [-0.25, -0.2) is 0 Å². The topological polar surface area (TPSA) is 27.0 Å². The first kappa shape index (κ1) is 11.7. The second kappa shape index (κ2) is 5.50. The van der Waals surface area contributed by atoms with E-state index < -0.39 is 0 Å². The van der Waals surface area contributed by atoms with Gasteiger partial charge >= 0.3 is 0 Å². The van der Waals surface area contributed by atoms with Crippen LogP contribution in [0.25, 0.3) is 0 Å². The Labute approximate surface area is 97.3 Å². The molecule has 1 atom stereocenters. The van der Waals surface area contributed by atoms with Crippen molar-refractivity contribution in [2.24, 2.45) is 0 Å². The summed E-state index contributed by atoms with van der Waals surface area (Å²) >= 11 is 5.14. The molecule has 1 aromatic rings. The lowest BCUT2D eigenvalue weighted by atomic mass is 10.2. The highest BCUT2D eigenvalue weighted by Gasteiger charge is 2.12. The van der Waals surface area contributed by atoms with Crippen molar-refractivity contribution in [2.75, 3.05) is 7.05 Å². The molecule has 0 amide bonds. The molecule has 1 heterocycles. The Morgan fingerprint density at radius 1 is 1.71 bits per heavy atom. The summed E-state index contributed by atoms with van der Waals surface area (Å²) in [5.74, 6) is 0. The quantitative estimate of drug-likeness (QED) is 0.842. The van der Waals surface area contributed by atoms with E-state index in [-0.39, 0.29) is 6.04 Å². The summed E-state index contributed by atoms with van der Waals surface area (Å²) in [5.41, 5.74) is 0. The predicted octanol–water partition coefficient (Wildman–Crippen LogP) is 3.24. The van der Waals surface area contributed by atoms with Crippen molar-refractivity contribution in [2.45, 2.75) is 25.9 Å². The molecule has 0 saturated heterocycles. The average Bonchev–Trinajstić information content (AvgIpc) is 2.53. The number of halogens is 1. The lowest BCUT2D eigenvalue weighted by Crippen LogP contribution is -2.28. The Morgan fingerprint density at radius 2 is 2.43 bits per heavy atom. The Bertz CT molecular complexity index is 329. The van der Waals surface area contributed by atoms with Crippen LogP contribution < -0.4 is 0 Å². The fourth-order valence-corrected chi connectivity index (χ4v) is 2.81. The van der Waals surface area contributed by atoms with E-state index in [2.05, 4.69) is 38.3 Å². The van der Waals surface area contributed by atoms with Gasteiger partial charge in [-0.2, -0.15) is 5.26 Å². The minimum atomic E-state index is 0.0240. The molecule has 0 aliphatic carbocycles. The highest BCUT2D eigenvalue weighted by Crippen LogP contribution is 2.21. The molecule has 0 saturated carbocycles. The van der Waals surface area contributed by atoms with E-state index in [1.165, 1.54) is 4.88 Å². The lowest BCUT2D eigenvalue weighted by Gasteiger charge is -2.19. The second-order valence-corrected chi connectivity index (χ2v) is 5.11. The molecule has 0 aromatic carbocycles. The zero-order valence-corrected chi connectivity index (χ0v) is 10.7. The molecule has 1 rings (SSSR count). The Hall–Kier alpha value is -0.370. The molecule has 14 heavy (non-hydrogen) atoms. The van der Waals surface area contributed by atoms with Crippen LogP contribution in [0.5, 0.6) is 0 Å². The van der Waals surface area contributed by atoms with Crippen molar-refractivity contribution >= 4 is 27.3 Å². The zero-order chi connectivity index (χ0) is 10.6. The maximum Gasteiger partial charge on any atom is 0.0975 e. The Kier molecular flexibility index (Phi) is 4.59. The standard InChI is InChI=1S/C10H13BrN2S/c1-3-9(5-12)13(2)6-10-4-8(11)7-14-10/h4,7,9H,3,6H2,1-2H3. The molecule has 1 unspecified atom stereocenters. The van der Waals surface area contributed by atoms with Gasteiger partial charge in [-0.1, -0.05) is 6.92 Å². The summed E-state index contributed by atoms with van der Waals surface area (Å²) in [5, 5.41) is 10.9. The van der Waals surface area contributed by atoms with Crippen molar-refractivity contribution in [3.63, 3.8) is 0 Å². The van der Waals surface area contributed by atoms with Crippen molar-refractivity contribution < 1.29 is 0 Å². The lowest BCUT2D eigenvalue weighted by molar-refractivity contribution is 0.276. The van der Waals surface area contributed by atoms with Crippen LogP contribution in [0.3, 0.4) is 0 Å². The molecular formula is C10H13BrN2S. The maximum atomic E-state index is 8.88. The largest absolute Gasteiger partial charge is 0.286 e. The molecule has 1 aromatic heterocycles. The highest BCUT2D eigenvalue weighted by atomic mass is 79.9. The van der Waals surface area contributed by atoms with Crippen LogP contribution in [0.2, 0.25) is 0 Å². The number of nitriles is 1. The van der Waals surface area contributed by atoms with Gasteiger partial charge in [0.05, 0.1) is 12.1 Å². The number of rotatable bonds is 4. The normalized spacial score (nSPS) is 12.8. The van der Waals surface area contributed by atoms with Gasteiger partial charge in [-0.05, 0) is 35.5 Å². The number of thiophene rings is 1. The van der Waals surface area contributed by atoms with Crippen LogP contribution >= 0.6 is 27.3 Å². The SMILES string of the molecule is CCC(C#N)N(C)Cc1cc(Br)cs1. The molecule has 0 fully saturated rings. The van der Waals surface area contributed by atoms with Crippen LogP contribution in [-0.4, -0.2) is 18.0 Å². The third-order valence-corrected chi connectivity index (χ3v) is 3.78. The van der Waals surface area contributed by atoms with E-state index in [1.54, 1.807) is 11.3 Å². The highest BCUT2D eigenvalue weighted by molar-refractivity contribution is 9.10. The molecule has 76 valence electrons. The fourth-order valence-electron chi connectivity index (χ4n) is 1.29. The van der Waals surface area contributed by atoms with Crippen LogP contribution in [0.15, 0.2) is 15.9 Å². The van der Waals surface area contributed by atoms with Gasteiger partial charge in [0.2, 0.25) is 0 Å². The number of hydrogen-bond acceptors (Lipinski definition) is 3. The molecule has 0 spiro atoms. The van der Waals surface area contributed by atoms with Gasteiger partial charge < -0.3 is 0 Å². The minimum absolute atomic E-state index is 0.0240. The molecule has 0 N–H and O–H groups in total. The number of nitrogens with zero attached hydrogens (tertiary/aromatic N) is 2. The fraction of sp³-hybridized carbons (Fsp3) is 0.500. The van der Waals surface area contributed by atoms with E-state index in [9.17, 15) is 0 Å². The Balaban J connectivity index is 2.56.